The van der Waals surface area contributed by atoms with E-state index in [1.165, 1.54) is 19.2 Å². The fourth-order valence-electron chi connectivity index (χ4n) is 8.80. The fraction of sp³-hybridized carbons (Fsp3) is 0.348. The number of aromatic hydroxyl groups is 1. The highest BCUT2D eigenvalue weighted by Gasteiger charge is 2.70. The second-order valence-electron chi connectivity index (χ2n) is 16.6. The third kappa shape index (κ3) is 10.7. The molecule has 8 rings (SSSR count). The molecular weight excluding hydrogens is 875 g/mol. The van der Waals surface area contributed by atoms with Crippen LogP contribution in [0.5, 0.6) is 11.5 Å². The maximum atomic E-state index is 13.4. The number of methoxy groups -OCH3 is 1. The molecule has 15 nitrogen and oxygen atoms in total. The maximum Gasteiger partial charge on any atom is 0.430 e. The molecule has 6 atom stereocenters. The number of ether oxygens (including phenoxy) is 3. The number of aromatic amines is 1. The van der Waals surface area contributed by atoms with Crippen molar-refractivity contribution in [2.75, 3.05) is 38.4 Å². The number of phenolic OH excluding ortho intramolecular Hbond substituents is 1. The molecule has 3 aliphatic heterocycles. The first kappa shape index (κ1) is 46.8. The Morgan fingerprint density at radius 2 is 1.66 bits per heavy atom. The number of rotatable bonds is 13. The maximum absolute atomic E-state index is 13.4. The van der Waals surface area contributed by atoms with E-state index in [0.717, 1.165) is 34.0 Å². The van der Waals surface area contributed by atoms with E-state index in [1.54, 1.807) is 24.3 Å². The van der Waals surface area contributed by atoms with Crippen LogP contribution in [-0.2, 0) is 32.0 Å². The largest absolute Gasteiger partial charge is 0.542 e. The van der Waals surface area contributed by atoms with Crippen LogP contribution in [0.1, 0.15) is 42.1 Å². The number of nitrogens with zero attached hydrogens (tertiary/aromatic N) is 1. The molecule has 19 heteroatoms. The molecule has 3 fully saturated rings. The van der Waals surface area contributed by atoms with Crippen LogP contribution >= 0.6 is 11.6 Å². The van der Waals surface area contributed by atoms with E-state index in [1.807, 2.05) is 48.5 Å². The molecule has 3 saturated heterocycles. The van der Waals surface area contributed by atoms with Gasteiger partial charge in [0.25, 0.3) is 0 Å². The van der Waals surface area contributed by atoms with Gasteiger partial charge in [-0.3, -0.25) is 14.9 Å². The van der Waals surface area contributed by atoms with Crippen molar-refractivity contribution in [3.63, 3.8) is 0 Å². The second-order valence-corrected chi connectivity index (χ2v) is 17.0. The molecule has 1 unspecified atom stereocenters. The molecule has 344 valence electrons. The number of phenols is 1. The molecular formula is C46H47ClF3N5O10. The number of quaternary nitrogens is 1. The number of aromatic nitrogens is 1. The molecule has 2 amide bonds. The number of aliphatic carboxylic acids is 1. The molecule has 2 bridgehead atoms. The number of alkyl halides is 3. The van der Waals surface area contributed by atoms with Gasteiger partial charge in [-0.05, 0) is 47.4 Å². The molecule has 0 aliphatic carbocycles. The van der Waals surface area contributed by atoms with E-state index in [-0.39, 0.29) is 54.0 Å². The number of aliphatic hydroxyl groups is 1. The van der Waals surface area contributed by atoms with Crippen molar-refractivity contribution in [3.8, 4) is 22.6 Å². The number of carbonyl (C=O) groups is 3. The number of likely N-dealkylation sites (N-methyl/N-ethyl adjacent to an activating group) is 1. The Balaban J connectivity index is 0.000000833. The van der Waals surface area contributed by atoms with Crippen LogP contribution in [0.2, 0.25) is 5.02 Å². The molecule has 0 saturated carbocycles. The van der Waals surface area contributed by atoms with Gasteiger partial charge in [0.05, 0.1) is 49.2 Å². The Morgan fingerprint density at radius 1 is 0.969 bits per heavy atom. The van der Waals surface area contributed by atoms with Crippen LogP contribution in [0.4, 0.5) is 29.3 Å². The number of aryl methyl sites for hydroxylation is 1. The van der Waals surface area contributed by atoms with Crippen LogP contribution in [0.15, 0.2) is 89.7 Å². The van der Waals surface area contributed by atoms with Gasteiger partial charge in [0.15, 0.2) is 0 Å². The number of morpholine rings is 1. The molecule has 4 heterocycles. The summed E-state index contributed by atoms with van der Waals surface area (Å²) in [5.41, 5.74) is 4.79. The monoisotopic (exact) mass is 921 g/mol. The van der Waals surface area contributed by atoms with Crippen LogP contribution in [-0.4, -0.2) is 102 Å². The summed E-state index contributed by atoms with van der Waals surface area (Å²) in [4.78, 5) is 49.8. The second kappa shape index (κ2) is 19.1. The van der Waals surface area contributed by atoms with Crippen molar-refractivity contribution >= 4 is 51.8 Å². The summed E-state index contributed by atoms with van der Waals surface area (Å²) in [7, 11) is 6.00. The smallest absolute Gasteiger partial charge is 0.430 e. The zero-order valence-electron chi connectivity index (χ0n) is 35.4. The van der Waals surface area contributed by atoms with Crippen molar-refractivity contribution in [1.82, 2.24) is 10.3 Å². The Morgan fingerprint density at radius 3 is 2.32 bits per heavy atom. The molecule has 4 aromatic carbocycles. The van der Waals surface area contributed by atoms with Gasteiger partial charge >= 0.3 is 12.3 Å². The van der Waals surface area contributed by atoms with Crippen molar-refractivity contribution < 1.29 is 61.6 Å². The Labute approximate surface area is 375 Å². The van der Waals surface area contributed by atoms with Crippen molar-refractivity contribution in [1.29, 1.82) is 0 Å². The first-order valence-corrected chi connectivity index (χ1v) is 21.0. The van der Waals surface area contributed by atoms with Crippen molar-refractivity contribution in [2.45, 2.75) is 74.9 Å². The van der Waals surface area contributed by atoms with Gasteiger partial charge in [0.1, 0.15) is 47.9 Å². The van der Waals surface area contributed by atoms with E-state index >= 15 is 0 Å². The SMILES string of the molecule is COc1cc(NC(=O)CCc2ccc(-c3ccccc3)c(NC(=O)OC3C[C@@H]4[C@H]5O[C@H]5[C@H](C3)[N+]4(C)C)c2)c(Cl)cc1CNC[C@H](O)c1ccc(O)c2[nH]c(=O)ccc12.O=C([O-])C(F)(F)F. The van der Waals surface area contributed by atoms with Gasteiger partial charge in [0, 0.05) is 61.0 Å². The van der Waals surface area contributed by atoms with E-state index in [0.29, 0.717) is 63.7 Å². The summed E-state index contributed by atoms with van der Waals surface area (Å²) in [6.07, 6.45) is -4.21. The number of epoxide rings is 1. The number of H-pyrrole nitrogens is 1. The Hall–Kier alpha value is -6.18. The lowest BCUT2D eigenvalue weighted by molar-refractivity contribution is -0.938. The van der Waals surface area contributed by atoms with E-state index in [9.17, 15) is 37.8 Å². The van der Waals surface area contributed by atoms with Crippen LogP contribution in [0, 0.1) is 0 Å². The summed E-state index contributed by atoms with van der Waals surface area (Å²) in [6.45, 7) is 0.442. The number of piperidine rings is 1. The molecule has 0 radical (unpaired) electrons. The van der Waals surface area contributed by atoms with Crippen LogP contribution in [0.3, 0.4) is 0 Å². The lowest BCUT2D eigenvalue weighted by Crippen LogP contribution is -2.60. The van der Waals surface area contributed by atoms with Crippen LogP contribution < -0.4 is 31.4 Å². The average molecular weight is 922 g/mol. The molecule has 5 aromatic rings. The number of hydrogen-bond donors (Lipinski definition) is 6. The summed E-state index contributed by atoms with van der Waals surface area (Å²) in [6, 6.07) is 25.6. The van der Waals surface area contributed by atoms with Gasteiger partial charge in [-0.2, -0.15) is 13.2 Å². The number of benzene rings is 4. The number of halogens is 4. The first-order valence-electron chi connectivity index (χ1n) is 20.7. The summed E-state index contributed by atoms with van der Waals surface area (Å²) in [5, 5.41) is 39.9. The predicted molar refractivity (Wildman–Crippen MR) is 232 cm³/mol. The number of amides is 2. The number of carboxylic acids is 1. The number of carbonyl (C=O) groups excluding carboxylic acids is 3. The first-order chi connectivity index (χ1) is 30.8. The highest BCUT2D eigenvalue weighted by molar-refractivity contribution is 6.33. The highest BCUT2D eigenvalue weighted by Crippen LogP contribution is 2.51. The van der Waals surface area contributed by atoms with Crippen LogP contribution in [0.25, 0.3) is 22.0 Å². The minimum Gasteiger partial charge on any atom is -0.542 e. The minimum absolute atomic E-state index is 0.0847. The standard InChI is InChI=1S/C44H46ClN5O8.C2HF3O2/c1-50(2)34-19-27(20-35(50)43-42(34)58-43)57-44(55)48-32-17-24(9-11-28(32)25-7-5-4-6-8-25)10-15-39(53)47-33-21-38(56-3)26(18-31(33)45)22-46-23-37(52)29-12-14-36(51)41-30(29)13-16-40(54)49-41;3-2(4,5)1(6)7/h4-9,11-14,16-18,21,27,34-35,37,42-43,46,52H,10,15,19-20,22-23H2,1-3H3,(H3-,47,48,49,51,53,54,55);(H,6,7)/t27?,34-,35+,37-,42-,43+;/m0./s1. The number of pyridine rings is 1. The summed E-state index contributed by atoms with van der Waals surface area (Å²) < 4.78 is 50.0. The third-order valence-electron chi connectivity index (χ3n) is 12.2. The molecule has 3 aliphatic rings. The number of nitrogens with one attached hydrogen (secondary N) is 4. The topological polar surface area (TPSA) is 215 Å². The highest BCUT2D eigenvalue weighted by atomic mass is 35.5. The average Bonchev–Trinajstić information content (AvgIpc) is 4.03. The zero-order valence-corrected chi connectivity index (χ0v) is 36.2. The molecule has 1 aromatic heterocycles. The Bertz CT molecular complexity index is 2630. The molecule has 65 heavy (non-hydrogen) atoms. The normalized spacial score (nSPS) is 20.7. The predicted octanol–water partition coefficient (Wildman–Crippen LogP) is 5.56. The zero-order chi connectivity index (χ0) is 46.8. The lowest BCUT2D eigenvalue weighted by Gasteiger charge is -2.45. The van der Waals surface area contributed by atoms with Gasteiger partial charge in [0.2, 0.25) is 11.5 Å². The summed E-state index contributed by atoms with van der Waals surface area (Å²) >= 11 is 6.65. The fourth-order valence-corrected chi connectivity index (χ4v) is 9.04. The molecule has 0 spiro atoms. The Kier molecular flexibility index (Phi) is 13.8. The quantitative estimate of drug-likeness (QED) is 0.0635. The number of anilines is 2. The molecule has 6 N–H and O–H groups in total. The lowest BCUT2D eigenvalue weighted by atomic mass is 9.96. The minimum atomic E-state index is -5.19. The number of fused-ring (bicyclic) bond motifs is 6. The van der Waals surface area contributed by atoms with E-state index in [2.05, 4.69) is 35.0 Å². The number of aliphatic hydroxyl groups excluding tert-OH is 1. The summed E-state index contributed by atoms with van der Waals surface area (Å²) in [5.74, 6) is -2.86. The number of hydrogen-bond acceptors (Lipinski definition) is 11. The van der Waals surface area contributed by atoms with Gasteiger partial charge < -0.3 is 54.4 Å². The number of carboxylic acid groups (broad SMARTS) is 1. The van der Waals surface area contributed by atoms with Gasteiger partial charge in [-0.15, -0.1) is 0 Å². The van der Waals surface area contributed by atoms with Gasteiger partial charge in [-0.25, -0.2) is 4.79 Å². The van der Waals surface area contributed by atoms with Crippen molar-refractivity contribution in [2.24, 2.45) is 0 Å². The van der Waals surface area contributed by atoms with E-state index in [4.69, 9.17) is 35.7 Å². The van der Waals surface area contributed by atoms with Crippen molar-refractivity contribution in [3.05, 3.63) is 117 Å². The van der Waals surface area contributed by atoms with E-state index < -0.39 is 24.3 Å². The third-order valence-corrected chi connectivity index (χ3v) is 12.5. The van der Waals surface area contributed by atoms with Gasteiger partial charge in [-0.1, -0.05) is 60.1 Å².